The van der Waals surface area contributed by atoms with Crippen molar-refractivity contribution in [3.8, 4) is 5.75 Å². The number of sulfonamides is 1. The Labute approximate surface area is 168 Å². The van der Waals surface area contributed by atoms with Crippen LogP contribution < -0.4 is 14.4 Å². The largest absolute Gasteiger partial charge is 0.494 e. The third-order valence-corrected chi connectivity index (χ3v) is 6.84. The molecule has 3 rings (SSSR count). The minimum atomic E-state index is -3.74. The molecule has 1 heterocycles. The van der Waals surface area contributed by atoms with Crippen LogP contribution in [-0.2, 0) is 10.0 Å². The first kappa shape index (κ1) is 19.9. The zero-order valence-electron chi connectivity index (χ0n) is 15.5. The molecule has 1 aromatic heterocycles. The molecule has 8 heteroatoms. The van der Waals surface area contributed by atoms with Crippen LogP contribution in [0.5, 0.6) is 5.75 Å². The van der Waals surface area contributed by atoms with Gasteiger partial charge in [0.05, 0.1) is 22.1 Å². The standard InChI is InChI=1S/C20H20N2O4S2/c1-3-26-17-11-9-15(10-12-17)21-20(23)19-13-18(14-27-19)28(24,25)22(2)16-7-5-4-6-8-16/h4-14H,3H2,1-2H3,(H,21,23). The van der Waals surface area contributed by atoms with Gasteiger partial charge in [-0.2, -0.15) is 0 Å². The van der Waals surface area contributed by atoms with Crippen molar-refractivity contribution < 1.29 is 17.9 Å². The second-order valence-electron chi connectivity index (χ2n) is 5.87. The molecule has 0 saturated carbocycles. The summed E-state index contributed by atoms with van der Waals surface area (Å²) in [6.07, 6.45) is 0. The Morgan fingerprint density at radius 1 is 1.11 bits per heavy atom. The van der Waals surface area contributed by atoms with E-state index in [1.165, 1.54) is 22.8 Å². The van der Waals surface area contributed by atoms with Crippen LogP contribution in [0, 0.1) is 0 Å². The maximum Gasteiger partial charge on any atom is 0.265 e. The predicted octanol–water partition coefficient (Wildman–Crippen LogP) is 4.22. The van der Waals surface area contributed by atoms with E-state index in [4.69, 9.17) is 4.74 Å². The summed E-state index contributed by atoms with van der Waals surface area (Å²) in [7, 11) is -2.25. The summed E-state index contributed by atoms with van der Waals surface area (Å²) < 4.78 is 32.2. The van der Waals surface area contributed by atoms with E-state index in [1.807, 2.05) is 13.0 Å². The number of para-hydroxylation sites is 1. The van der Waals surface area contributed by atoms with E-state index in [9.17, 15) is 13.2 Å². The molecule has 146 valence electrons. The fourth-order valence-electron chi connectivity index (χ4n) is 2.50. The van der Waals surface area contributed by atoms with Gasteiger partial charge in [0, 0.05) is 18.1 Å². The van der Waals surface area contributed by atoms with Crippen molar-refractivity contribution in [2.45, 2.75) is 11.8 Å². The lowest BCUT2D eigenvalue weighted by molar-refractivity contribution is 0.103. The SMILES string of the molecule is CCOc1ccc(NC(=O)c2cc(S(=O)(=O)N(C)c3ccccc3)cs2)cc1. The molecule has 6 nitrogen and oxygen atoms in total. The number of thiophene rings is 1. The molecule has 0 aliphatic heterocycles. The number of amides is 1. The third kappa shape index (κ3) is 4.35. The van der Waals surface area contributed by atoms with Gasteiger partial charge >= 0.3 is 0 Å². The molecule has 3 aromatic rings. The van der Waals surface area contributed by atoms with Gasteiger partial charge in [0.15, 0.2) is 0 Å². The Morgan fingerprint density at radius 2 is 1.79 bits per heavy atom. The number of anilines is 2. The van der Waals surface area contributed by atoms with E-state index >= 15 is 0 Å². The molecule has 0 radical (unpaired) electrons. The zero-order valence-corrected chi connectivity index (χ0v) is 17.1. The van der Waals surface area contributed by atoms with Gasteiger partial charge < -0.3 is 10.1 Å². The Hall–Kier alpha value is -2.84. The fourth-order valence-corrected chi connectivity index (χ4v) is 4.85. The van der Waals surface area contributed by atoms with Crippen LogP contribution in [0.15, 0.2) is 70.9 Å². The highest BCUT2D eigenvalue weighted by molar-refractivity contribution is 7.93. The average Bonchev–Trinajstić information content (AvgIpc) is 3.21. The van der Waals surface area contributed by atoms with Gasteiger partial charge in [-0.25, -0.2) is 8.42 Å². The molecular formula is C20H20N2O4S2. The number of nitrogens with zero attached hydrogens (tertiary/aromatic N) is 1. The molecule has 0 saturated heterocycles. The molecule has 0 unspecified atom stereocenters. The minimum Gasteiger partial charge on any atom is -0.494 e. The van der Waals surface area contributed by atoms with Crippen molar-refractivity contribution in [3.63, 3.8) is 0 Å². The highest BCUT2D eigenvalue weighted by Gasteiger charge is 2.24. The number of hydrogen-bond acceptors (Lipinski definition) is 5. The average molecular weight is 417 g/mol. The highest BCUT2D eigenvalue weighted by atomic mass is 32.2. The maximum absolute atomic E-state index is 12.8. The predicted molar refractivity (Wildman–Crippen MR) is 112 cm³/mol. The van der Waals surface area contributed by atoms with Crippen molar-refractivity contribution in [2.24, 2.45) is 0 Å². The smallest absolute Gasteiger partial charge is 0.265 e. The highest BCUT2D eigenvalue weighted by Crippen LogP contribution is 2.26. The summed E-state index contributed by atoms with van der Waals surface area (Å²) >= 11 is 1.09. The summed E-state index contributed by atoms with van der Waals surface area (Å²) in [4.78, 5) is 12.9. The second kappa shape index (κ2) is 8.45. The third-order valence-electron chi connectivity index (χ3n) is 4.00. The number of carbonyl (C=O) groups is 1. The van der Waals surface area contributed by atoms with Crippen LogP contribution in [0.2, 0.25) is 0 Å². The van der Waals surface area contributed by atoms with E-state index in [2.05, 4.69) is 5.32 Å². The Kier molecular flexibility index (Phi) is 6.01. The summed E-state index contributed by atoms with van der Waals surface area (Å²) in [6.45, 7) is 2.46. The zero-order chi connectivity index (χ0) is 20.1. The summed E-state index contributed by atoms with van der Waals surface area (Å²) in [5, 5.41) is 4.23. The van der Waals surface area contributed by atoms with Gasteiger partial charge in [0.1, 0.15) is 5.75 Å². The Morgan fingerprint density at radius 3 is 2.43 bits per heavy atom. The Bertz CT molecular complexity index is 1050. The lowest BCUT2D eigenvalue weighted by Gasteiger charge is -2.18. The topological polar surface area (TPSA) is 75.7 Å². The lowest BCUT2D eigenvalue weighted by Crippen LogP contribution is -2.26. The van der Waals surface area contributed by atoms with Gasteiger partial charge in [-0.05, 0) is 49.4 Å². The molecular weight excluding hydrogens is 396 g/mol. The van der Waals surface area contributed by atoms with Gasteiger partial charge in [0.25, 0.3) is 15.9 Å². The van der Waals surface area contributed by atoms with E-state index < -0.39 is 10.0 Å². The number of ether oxygens (including phenoxy) is 1. The lowest BCUT2D eigenvalue weighted by atomic mass is 10.3. The molecule has 0 spiro atoms. The van der Waals surface area contributed by atoms with Crippen molar-refractivity contribution in [2.75, 3.05) is 23.3 Å². The number of nitrogens with one attached hydrogen (secondary N) is 1. The molecule has 0 aliphatic carbocycles. The second-order valence-corrected chi connectivity index (χ2v) is 8.75. The monoisotopic (exact) mass is 416 g/mol. The minimum absolute atomic E-state index is 0.0840. The molecule has 0 atom stereocenters. The molecule has 1 amide bonds. The number of benzene rings is 2. The number of hydrogen-bond donors (Lipinski definition) is 1. The fraction of sp³-hybridized carbons (Fsp3) is 0.150. The van der Waals surface area contributed by atoms with E-state index in [1.54, 1.807) is 48.5 Å². The number of carbonyl (C=O) groups excluding carboxylic acids is 1. The summed E-state index contributed by atoms with van der Waals surface area (Å²) in [5.41, 5.74) is 1.15. The van der Waals surface area contributed by atoms with Crippen molar-refractivity contribution in [1.29, 1.82) is 0 Å². The normalized spacial score (nSPS) is 11.1. The van der Waals surface area contributed by atoms with Crippen LogP contribution in [0.3, 0.4) is 0 Å². The molecule has 28 heavy (non-hydrogen) atoms. The van der Waals surface area contributed by atoms with Gasteiger partial charge in [-0.3, -0.25) is 9.10 Å². The molecule has 0 bridgehead atoms. The number of rotatable bonds is 7. The van der Waals surface area contributed by atoms with Crippen LogP contribution in [0.1, 0.15) is 16.6 Å². The van der Waals surface area contributed by atoms with Crippen LogP contribution in [0.4, 0.5) is 11.4 Å². The van der Waals surface area contributed by atoms with Crippen molar-refractivity contribution >= 4 is 38.6 Å². The van der Waals surface area contributed by atoms with Crippen LogP contribution >= 0.6 is 11.3 Å². The van der Waals surface area contributed by atoms with Gasteiger partial charge in [-0.1, -0.05) is 18.2 Å². The summed E-state index contributed by atoms with van der Waals surface area (Å²) in [6, 6.07) is 17.2. The molecule has 0 fully saturated rings. The quantitative estimate of drug-likeness (QED) is 0.626. The first-order valence-corrected chi connectivity index (χ1v) is 10.9. The van der Waals surface area contributed by atoms with Crippen molar-refractivity contribution in [1.82, 2.24) is 0 Å². The van der Waals surface area contributed by atoms with Crippen molar-refractivity contribution in [3.05, 3.63) is 70.9 Å². The molecule has 2 aromatic carbocycles. The first-order valence-electron chi connectivity index (χ1n) is 8.58. The maximum atomic E-state index is 12.8. The van der Waals surface area contributed by atoms with Gasteiger partial charge in [0.2, 0.25) is 0 Å². The molecule has 0 aliphatic rings. The van der Waals surface area contributed by atoms with E-state index in [0.29, 0.717) is 28.6 Å². The van der Waals surface area contributed by atoms with Crippen LogP contribution in [-0.4, -0.2) is 28.0 Å². The van der Waals surface area contributed by atoms with Gasteiger partial charge in [-0.15, -0.1) is 11.3 Å². The van der Waals surface area contributed by atoms with Crippen LogP contribution in [0.25, 0.3) is 0 Å². The van der Waals surface area contributed by atoms with E-state index in [-0.39, 0.29) is 10.8 Å². The Balaban J connectivity index is 1.74. The first-order chi connectivity index (χ1) is 13.4. The van der Waals surface area contributed by atoms with E-state index in [0.717, 1.165) is 11.3 Å². The summed E-state index contributed by atoms with van der Waals surface area (Å²) in [5.74, 6) is 0.354. The molecule has 1 N–H and O–H groups in total.